The summed E-state index contributed by atoms with van der Waals surface area (Å²) < 4.78 is 11.4. The van der Waals surface area contributed by atoms with Crippen LogP contribution >= 0.6 is 11.3 Å². The number of benzene rings is 1. The molecule has 1 amide bonds. The summed E-state index contributed by atoms with van der Waals surface area (Å²) in [6, 6.07) is 9.94. The van der Waals surface area contributed by atoms with Crippen LogP contribution in [0.1, 0.15) is 44.6 Å². The van der Waals surface area contributed by atoms with Gasteiger partial charge in [-0.1, -0.05) is 32.9 Å². The van der Waals surface area contributed by atoms with Crippen molar-refractivity contribution in [1.29, 1.82) is 0 Å². The van der Waals surface area contributed by atoms with Gasteiger partial charge in [-0.2, -0.15) is 0 Å². The van der Waals surface area contributed by atoms with E-state index in [1.165, 1.54) is 4.88 Å². The molecule has 0 radical (unpaired) electrons. The average Bonchev–Trinajstić information content (AvgIpc) is 3.17. The lowest BCUT2D eigenvalue weighted by atomic mass is 9.88. The maximum Gasteiger partial charge on any atom is 0.228 e. The fraction of sp³-hybridized carbons (Fsp3) is 0.476. The molecule has 4 nitrogen and oxygen atoms in total. The zero-order valence-corrected chi connectivity index (χ0v) is 17.2. The highest BCUT2D eigenvalue weighted by Gasteiger charge is 2.29. The fourth-order valence-corrected chi connectivity index (χ4v) is 3.22. The predicted molar refractivity (Wildman–Crippen MR) is 107 cm³/mol. The molecule has 1 aromatic carbocycles. The number of rotatable bonds is 9. The standard InChI is InChI=1S/C21H29NO3S/c1-6-21(3,4)20(23)22(7-2)14-16-10-11-18(19(13-16)24-5)25-15-17-9-8-12-26-17/h8-13H,6-7,14-15H2,1-5H3. The highest BCUT2D eigenvalue weighted by molar-refractivity contribution is 7.09. The predicted octanol–water partition coefficient (Wildman–Crippen LogP) is 5.12. The average molecular weight is 376 g/mol. The second kappa shape index (κ2) is 9.08. The summed E-state index contributed by atoms with van der Waals surface area (Å²) in [4.78, 5) is 15.8. The van der Waals surface area contributed by atoms with Crippen molar-refractivity contribution in [2.75, 3.05) is 13.7 Å². The van der Waals surface area contributed by atoms with Crippen LogP contribution in [0.15, 0.2) is 35.7 Å². The molecule has 0 spiro atoms. The molecule has 0 aliphatic rings. The Morgan fingerprint density at radius 3 is 2.54 bits per heavy atom. The summed E-state index contributed by atoms with van der Waals surface area (Å²) in [5.41, 5.74) is 0.691. The summed E-state index contributed by atoms with van der Waals surface area (Å²) in [6.07, 6.45) is 0.821. The topological polar surface area (TPSA) is 38.8 Å². The van der Waals surface area contributed by atoms with E-state index >= 15 is 0 Å². The van der Waals surface area contributed by atoms with E-state index in [0.717, 1.165) is 12.0 Å². The van der Waals surface area contributed by atoms with Gasteiger partial charge in [-0.05, 0) is 42.5 Å². The molecule has 0 unspecified atom stereocenters. The van der Waals surface area contributed by atoms with Crippen molar-refractivity contribution in [3.05, 3.63) is 46.2 Å². The van der Waals surface area contributed by atoms with Crippen LogP contribution in [0, 0.1) is 5.41 Å². The van der Waals surface area contributed by atoms with Gasteiger partial charge in [-0.25, -0.2) is 0 Å². The maximum atomic E-state index is 12.8. The van der Waals surface area contributed by atoms with E-state index in [1.807, 2.05) is 61.4 Å². The number of carbonyl (C=O) groups excluding carboxylic acids is 1. The molecule has 0 saturated heterocycles. The number of carbonyl (C=O) groups is 1. The van der Waals surface area contributed by atoms with Gasteiger partial charge >= 0.3 is 0 Å². The Hall–Kier alpha value is -2.01. The van der Waals surface area contributed by atoms with E-state index in [2.05, 4.69) is 6.92 Å². The second-order valence-electron chi connectivity index (χ2n) is 6.91. The first-order valence-electron chi connectivity index (χ1n) is 9.02. The lowest BCUT2D eigenvalue weighted by molar-refractivity contribution is -0.141. The third-order valence-corrected chi connectivity index (χ3v) is 5.53. The quantitative estimate of drug-likeness (QED) is 0.610. The first-order valence-corrected chi connectivity index (χ1v) is 9.90. The highest BCUT2D eigenvalue weighted by Crippen LogP contribution is 2.30. The molecule has 1 aromatic heterocycles. The molecule has 1 heterocycles. The molecule has 2 aromatic rings. The molecule has 142 valence electrons. The van der Waals surface area contributed by atoms with Crippen LogP contribution in [-0.2, 0) is 17.9 Å². The summed E-state index contributed by atoms with van der Waals surface area (Å²) in [5.74, 6) is 1.59. The Balaban J connectivity index is 2.10. The van der Waals surface area contributed by atoms with E-state index in [-0.39, 0.29) is 11.3 Å². The van der Waals surface area contributed by atoms with Gasteiger partial charge < -0.3 is 14.4 Å². The van der Waals surface area contributed by atoms with Crippen molar-refractivity contribution in [2.24, 2.45) is 5.41 Å². The minimum absolute atomic E-state index is 0.180. The van der Waals surface area contributed by atoms with Gasteiger partial charge in [0.2, 0.25) is 5.91 Å². The molecule has 0 atom stereocenters. The van der Waals surface area contributed by atoms with Crippen molar-refractivity contribution < 1.29 is 14.3 Å². The van der Waals surface area contributed by atoms with Crippen LogP contribution in [0.3, 0.4) is 0 Å². The monoisotopic (exact) mass is 375 g/mol. The number of hydrogen-bond acceptors (Lipinski definition) is 4. The number of nitrogens with zero attached hydrogens (tertiary/aromatic N) is 1. The molecule has 5 heteroatoms. The van der Waals surface area contributed by atoms with Crippen molar-refractivity contribution in [1.82, 2.24) is 4.90 Å². The summed E-state index contributed by atoms with van der Waals surface area (Å²) >= 11 is 1.67. The molecule has 0 N–H and O–H groups in total. The molecule has 0 bridgehead atoms. The van der Waals surface area contributed by atoms with Crippen LogP contribution in [0.5, 0.6) is 11.5 Å². The van der Waals surface area contributed by atoms with Crippen molar-refractivity contribution in [3.63, 3.8) is 0 Å². The van der Waals surface area contributed by atoms with Gasteiger partial charge in [0.25, 0.3) is 0 Å². The molecular weight excluding hydrogens is 346 g/mol. The summed E-state index contributed by atoms with van der Waals surface area (Å²) in [7, 11) is 1.64. The van der Waals surface area contributed by atoms with E-state index < -0.39 is 0 Å². The van der Waals surface area contributed by atoms with Crippen molar-refractivity contribution >= 4 is 17.2 Å². The van der Waals surface area contributed by atoms with Crippen LogP contribution in [0.25, 0.3) is 0 Å². The smallest absolute Gasteiger partial charge is 0.228 e. The lowest BCUT2D eigenvalue weighted by Gasteiger charge is -2.30. The van der Waals surface area contributed by atoms with Gasteiger partial charge in [-0.3, -0.25) is 4.79 Å². The van der Waals surface area contributed by atoms with Crippen LogP contribution < -0.4 is 9.47 Å². The number of methoxy groups -OCH3 is 1. The number of ether oxygens (including phenoxy) is 2. The van der Waals surface area contributed by atoms with Gasteiger partial charge in [0.1, 0.15) is 6.61 Å². The van der Waals surface area contributed by atoms with Gasteiger partial charge in [0.05, 0.1) is 7.11 Å². The maximum absolute atomic E-state index is 12.8. The van der Waals surface area contributed by atoms with Gasteiger partial charge in [0.15, 0.2) is 11.5 Å². The molecule has 26 heavy (non-hydrogen) atoms. The summed E-state index contributed by atoms with van der Waals surface area (Å²) in [6.45, 7) is 9.84. The normalized spacial score (nSPS) is 11.3. The van der Waals surface area contributed by atoms with Crippen molar-refractivity contribution in [3.8, 4) is 11.5 Å². The third kappa shape index (κ3) is 5.01. The Morgan fingerprint density at radius 2 is 1.96 bits per heavy atom. The molecule has 0 aliphatic heterocycles. The van der Waals surface area contributed by atoms with E-state index in [4.69, 9.17) is 9.47 Å². The van der Waals surface area contributed by atoms with Crippen molar-refractivity contribution in [2.45, 2.75) is 47.3 Å². The van der Waals surface area contributed by atoms with E-state index in [1.54, 1.807) is 18.4 Å². The minimum atomic E-state index is -0.343. The molecular formula is C21H29NO3S. The minimum Gasteiger partial charge on any atom is -0.493 e. The SMILES string of the molecule is CCN(Cc1ccc(OCc2cccs2)c(OC)c1)C(=O)C(C)(C)CC. The van der Waals surface area contributed by atoms with E-state index in [0.29, 0.717) is 31.2 Å². The number of hydrogen-bond donors (Lipinski definition) is 0. The Morgan fingerprint density at radius 1 is 1.19 bits per heavy atom. The first kappa shape index (κ1) is 20.3. The summed E-state index contributed by atoms with van der Waals surface area (Å²) in [5, 5.41) is 2.03. The zero-order chi connectivity index (χ0) is 19.2. The Bertz CT molecular complexity index is 710. The molecule has 0 saturated carbocycles. The molecule has 0 aliphatic carbocycles. The highest BCUT2D eigenvalue weighted by atomic mass is 32.1. The second-order valence-corrected chi connectivity index (χ2v) is 7.94. The molecule has 0 fully saturated rings. The zero-order valence-electron chi connectivity index (χ0n) is 16.4. The van der Waals surface area contributed by atoms with Crippen LogP contribution in [0.2, 0.25) is 0 Å². The Labute approximate surface area is 160 Å². The van der Waals surface area contributed by atoms with Crippen LogP contribution in [-0.4, -0.2) is 24.5 Å². The Kier molecular flexibility index (Phi) is 7.09. The van der Waals surface area contributed by atoms with Gasteiger partial charge in [0, 0.05) is 23.4 Å². The lowest BCUT2D eigenvalue weighted by Crippen LogP contribution is -2.40. The number of thiophene rings is 1. The van der Waals surface area contributed by atoms with E-state index in [9.17, 15) is 4.79 Å². The van der Waals surface area contributed by atoms with Crippen LogP contribution in [0.4, 0.5) is 0 Å². The molecule has 2 rings (SSSR count). The first-order chi connectivity index (χ1) is 12.4. The number of amides is 1. The third-order valence-electron chi connectivity index (χ3n) is 4.68. The fourth-order valence-electron chi connectivity index (χ4n) is 2.60. The largest absolute Gasteiger partial charge is 0.493 e. The van der Waals surface area contributed by atoms with Gasteiger partial charge in [-0.15, -0.1) is 11.3 Å².